The lowest BCUT2D eigenvalue weighted by Crippen LogP contribution is -2.32. The van der Waals surface area contributed by atoms with Gasteiger partial charge in [-0.2, -0.15) is 0 Å². The summed E-state index contributed by atoms with van der Waals surface area (Å²) in [6, 6.07) is 10.5. The largest absolute Gasteiger partial charge is 0.348 e. The fraction of sp³-hybridized carbons (Fsp3) is 0.471. The Kier molecular flexibility index (Phi) is 4.56. The van der Waals surface area contributed by atoms with Crippen molar-refractivity contribution < 1.29 is 0 Å². The van der Waals surface area contributed by atoms with Gasteiger partial charge in [-0.05, 0) is 25.8 Å². The molecule has 1 aliphatic rings. The van der Waals surface area contributed by atoms with Crippen molar-refractivity contribution in [2.75, 3.05) is 25.0 Å². The molecule has 0 atom stereocenters. The van der Waals surface area contributed by atoms with E-state index in [1.165, 1.54) is 28.4 Å². The number of piperidine rings is 1. The minimum atomic E-state index is 0.853. The van der Waals surface area contributed by atoms with E-state index < -0.39 is 0 Å². The van der Waals surface area contributed by atoms with Gasteiger partial charge in [0.2, 0.25) is 0 Å². The molecule has 0 saturated carbocycles. The number of hydrogen-bond acceptors (Lipinski definition) is 4. The number of anilines is 1. The van der Waals surface area contributed by atoms with E-state index in [-0.39, 0.29) is 0 Å². The van der Waals surface area contributed by atoms with Gasteiger partial charge in [0.15, 0.2) is 5.13 Å². The number of rotatable bonds is 4. The summed E-state index contributed by atoms with van der Waals surface area (Å²) in [4.78, 5) is 8.74. The third-order valence-corrected chi connectivity index (χ3v) is 5.24. The third-order valence-electron chi connectivity index (χ3n) is 4.12. The molecular weight excluding hydrogens is 278 g/mol. The van der Waals surface area contributed by atoms with Gasteiger partial charge in [0.25, 0.3) is 0 Å². The zero-order valence-corrected chi connectivity index (χ0v) is 13.6. The van der Waals surface area contributed by atoms with Gasteiger partial charge in [-0.1, -0.05) is 48.6 Å². The fourth-order valence-electron chi connectivity index (χ4n) is 2.78. The van der Waals surface area contributed by atoms with Crippen molar-refractivity contribution in [3.63, 3.8) is 0 Å². The molecule has 3 rings (SSSR count). The second-order valence-electron chi connectivity index (χ2n) is 5.83. The highest BCUT2D eigenvalue weighted by Crippen LogP contribution is 2.34. The average Bonchev–Trinajstić information content (AvgIpc) is 2.93. The van der Waals surface area contributed by atoms with Crippen molar-refractivity contribution in [2.24, 2.45) is 5.92 Å². The van der Waals surface area contributed by atoms with Crippen molar-refractivity contribution in [3.05, 3.63) is 35.2 Å². The molecule has 112 valence electrons. The first-order chi connectivity index (χ1) is 10.3. The lowest BCUT2D eigenvalue weighted by atomic mass is 10.00. The van der Waals surface area contributed by atoms with Crippen molar-refractivity contribution in [3.8, 4) is 11.3 Å². The fourth-order valence-corrected chi connectivity index (χ4v) is 3.92. The van der Waals surface area contributed by atoms with E-state index in [0.717, 1.165) is 31.2 Å². The van der Waals surface area contributed by atoms with Crippen molar-refractivity contribution >= 4 is 16.5 Å². The van der Waals surface area contributed by atoms with Crippen LogP contribution in [0.4, 0.5) is 5.13 Å². The Hall–Kier alpha value is -1.39. The summed E-state index contributed by atoms with van der Waals surface area (Å²) in [5, 5.41) is 4.46. The number of aromatic nitrogens is 1. The summed E-state index contributed by atoms with van der Waals surface area (Å²) in [5.41, 5.74) is 2.36. The summed E-state index contributed by atoms with van der Waals surface area (Å²) >= 11 is 1.84. The van der Waals surface area contributed by atoms with Crippen molar-refractivity contribution in [1.29, 1.82) is 0 Å². The van der Waals surface area contributed by atoms with Crippen LogP contribution in [0.3, 0.4) is 0 Å². The Morgan fingerprint density at radius 1 is 1.24 bits per heavy atom. The molecule has 1 aliphatic heterocycles. The van der Waals surface area contributed by atoms with E-state index in [4.69, 9.17) is 4.98 Å². The van der Waals surface area contributed by atoms with Gasteiger partial charge in [-0.25, -0.2) is 4.98 Å². The van der Waals surface area contributed by atoms with Crippen LogP contribution in [-0.4, -0.2) is 25.1 Å². The van der Waals surface area contributed by atoms with Crippen molar-refractivity contribution in [1.82, 2.24) is 10.3 Å². The first kappa shape index (κ1) is 14.5. The molecule has 0 spiro atoms. The standard InChI is InChI=1S/C17H23N3S/c1-13-8-10-20(11-9-13)17-19-16(15(21-17)12-18-2)14-6-4-3-5-7-14/h3-7,13,18H,8-12H2,1-2H3. The quantitative estimate of drug-likeness (QED) is 0.932. The molecule has 1 aromatic heterocycles. The van der Waals surface area contributed by atoms with Crippen LogP contribution in [0.2, 0.25) is 0 Å². The molecular formula is C17H23N3S. The molecule has 4 heteroatoms. The smallest absolute Gasteiger partial charge is 0.186 e. The van der Waals surface area contributed by atoms with Crippen LogP contribution in [0, 0.1) is 5.92 Å². The van der Waals surface area contributed by atoms with Crippen LogP contribution in [0.5, 0.6) is 0 Å². The van der Waals surface area contributed by atoms with Crippen LogP contribution in [0.1, 0.15) is 24.6 Å². The molecule has 2 heterocycles. The van der Waals surface area contributed by atoms with Gasteiger partial charge < -0.3 is 10.2 Å². The minimum absolute atomic E-state index is 0.853. The summed E-state index contributed by atoms with van der Waals surface area (Å²) < 4.78 is 0. The number of thiazole rings is 1. The summed E-state index contributed by atoms with van der Waals surface area (Å²) in [6.45, 7) is 5.51. The van der Waals surface area contributed by atoms with Gasteiger partial charge in [-0.15, -0.1) is 0 Å². The molecule has 1 N–H and O–H groups in total. The second-order valence-corrected chi connectivity index (χ2v) is 6.90. The predicted molar refractivity (Wildman–Crippen MR) is 90.9 cm³/mol. The SMILES string of the molecule is CNCc1sc(N2CCC(C)CC2)nc1-c1ccccc1. The molecule has 3 nitrogen and oxygen atoms in total. The average molecular weight is 301 g/mol. The molecule has 0 bridgehead atoms. The third kappa shape index (κ3) is 3.27. The van der Waals surface area contributed by atoms with Gasteiger partial charge in [0, 0.05) is 30.1 Å². The topological polar surface area (TPSA) is 28.2 Å². The Morgan fingerprint density at radius 2 is 1.95 bits per heavy atom. The maximum atomic E-state index is 4.95. The maximum Gasteiger partial charge on any atom is 0.186 e. The lowest BCUT2D eigenvalue weighted by Gasteiger charge is -2.29. The zero-order valence-electron chi connectivity index (χ0n) is 12.8. The zero-order chi connectivity index (χ0) is 14.7. The molecule has 21 heavy (non-hydrogen) atoms. The molecule has 0 unspecified atom stereocenters. The van der Waals surface area contributed by atoms with E-state index in [2.05, 4.69) is 47.5 Å². The van der Waals surface area contributed by atoms with E-state index in [9.17, 15) is 0 Å². The van der Waals surface area contributed by atoms with Gasteiger partial charge >= 0.3 is 0 Å². The lowest BCUT2D eigenvalue weighted by molar-refractivity contribution is 0.438. The highest BCUT2D eigenvalue weighted by Gasteiger charge is 2.21. The van der Waals surface area contributed by atoms with Crippen LogP contribution in [-0.2, 0) is 6.54 Å². The Balaban J connectivity index is 1.89. The number of nitrogens with one attached hydrogen (secondary N) is 1. The highest BCUT2D eigenvalue weighted by molar-refractivity contribution is 7.16. The molecule has 1 saturated heterocycles. The molecule has 1 aromatic carbocycles. The van der Waals surface area contributed by atoms with Crippen molar-refractivity contribution in [2.45, 2.75) is 26.3 Å². The second kappa shape index (κ2) is 6.58. The first-order valence-corrected chi connectivity index (χ1v) is 8.54. The molecule has 0 aliphatic carbocycles. The molecule has 1 fully saturated rings. The Bertz CT molecular complexity index is 571. The number of hydrogen-bond donors (Lipinski definition) is 1. The van der Waals surface area contributed by atoms with Gasteiger partial charge in [-0.3, -0.25) is 0 Å². The number of nitrogens with zero attached hydrogens (tertiary/aromatic N) is 2. The Labute approximate surface area is 131 Å². The van der Waals surface area contributed by atoms with Crippen LogP contribution < -0.4 is 10.2 Å². The summed E-state index contributed by atoms with van der Waals surface area (Å²) in [5.74, 6) is 0.853. The van der Waals surface area contributed by atoms with E-state index >= 15 is 0 Å². The highest BCUT2D eigenvalue weighted by atomic mass is 32.1. The Morgan fingerprint density at radius 3 is 2.62 bits per heavy atom. The summed E-state index contributed by atoms with van der Waals surface area (Å²) in [7, 11) is 2.00. The normalized spacial score (nSPS) is 16.4. The van der Waals surface area contributed by atoms with E-state index in [1.54, 1.807) is 0 Å². The monoisotopic (exact) mass is 301 g/mol. The molecule has 2 aromatic rings. The first-order valence-electron chi connectivity index (χ1n) is 7.72. The van der Waals surface area contributed by atoms with E-state index in [0.29, 0.717) is 0 Å². The van der Waals surface area contributed by atoms with Crippen LogP contribution >= 0.6 is 11.3 Å². The van der Waals surface area contributed by atoms with Gasteiger partial charge in [0.1, 0.15) is 0 Å². The van der Waals surface area contributed by atoms with E-state index in [1.807, 2.05) is 18.4 Å². The van der Waals surface area contributed by atoms with Gasteiger partial charge in [0.05, 0.1) is 5.69 Å². The molecule has 0 radical (unpaired) electrons. The molecule has 0 amide bonds. The predicted octanol–water partition coefficient (Wildman–Crippen LogP) is 3.77. The number of benzene rings is 1. The maximum absolute atomic E-state index is 4.95. The summed E-state index contributed by atoms with van der Waals surface area (Å²) in [6.07, 6.45) is 2.56. The van der Waals surface area contributed by atoms with Crippen LogP contribution in [0.15, 0.2) is 30.3 Å². The van der Waals surface area contributed by atoms with Crippen LogP contribution in [0.25, 0.3) is 11.3 Å². The minimum Gasteiger partial charge on any atom is -0.348 e.